The van der Waals surface area contributed by atoms with Gasteiger partial charge in [0, 0.05) is 5.69 Å². The maximum absolute atomic E-state index is 13.1. The molecular weight excluding hydrogens is 408 g/mol. The lowest BCUT2D eigenvalue weighted by Gasteiger charge is -2.15. The molecule has 0 saturated heterocycles. The first-order chi connectivity index (χ1) is 14.7. The minimum atomic E-state index is -3.84. The van der Waals surface area contributed by atoms with Crippen molar-refractivity contribution in [2.24, 2.45) is 0 Å². The second-order valence-electron chi connectivity index (χ2n) is 7.69. The van der Waals surface area contributed by atoms with Crippen LogP contribution in [-0.4, -0.2) is 18.4 Å². The molecule has 0 radical (unpaired) electrons. The van der Waals surface area contributed by atoms with Crippen LogP contribution in [0.2, 0.25) is 0 Å². The van der Waals surface area contributed by atoms with Crippen molar-refractivity contribution < 1.29 is 8.42 Å². The molecule has 31 heavy (non-hydrogen) atoms. The number of aryl methyl sites for hydroxylation is 4. The molecule has 0 unspecified atom stereocenters. The van der Waals surface area contributed by atoms with E-state index in [2.05, 4.69) is 20.0 Å². The second kappa shape index (κ2) is 8.00. The maximum Gasteiger partial charge on any atom is 0.263 e. The van der Waals surface area contributed by atoms with Gasteiger partial charge in [-0.2, -0.15) is 0 Å². The maximum atomic E-state index is 13.1. The Hall–Kier alpha value is -3.45. The van der Waals surface area contributed by atoms with Crippen molar-refractivity contribution in [3.8, 4) is 0 Å². The normalized spacial score (nSPS) is 11.5. The summed E-state index contributed by atoms with van der Waals surface area (Å²) in [7, 11) is -3.84. The van der Waals surface area contributed by atoms with E-state index in [0.717, 1.165) is 22.4 Å². The number of anilines is 3. The number of hydrogen-bond donors (Lipinski definition) is 2. The molecule has 1 heterocycles. The largest absolute Gasteiger partial charge is 0.337 e. The highest BCUT2D eigenvalue weighted by Gasteiger charge is 2.19. The third kappa shape index (κ3) is 4.36. The van der Waals surface area contributed by atoms with Crippen LogP contribution < -0.4 is 10.0 Å². The number of nitrogens with one attached hydrogen (secondary N) is 2. The Morgan fingerprint density at radius 1 is 0.677 bits per heavy atom. The number of nitrogens with zero attached hydrogens (tertiary/aromatic N) is 2. The number of benzene rings is 3. The molecule has 6 nitrogen and oxygen atoms in total. The van der Waals surface area contributed by atoms with Crippen LogP contribution in [0, 0.1) is 27.7 Å². The Morgan fingerprint density at radius 3 is 1.87 bits per heavy atom. The van der Waals surface area contributed by atoms with E-state index in [4.69, 9.17) is 0 Å². The molecule has 4 aromatic rings. The molecule has 2 N–H and O–H groups in total. The monoisotopic (exact) mass is 432 g/mol. The van der Waals surface area contributed by atoms with Gasteiger partial charge in [-0.05, 0) is 86.3 Å². The van der Waals surface area contributed by atoms with Gasteiger partial charge in [0.15, 0.2) is 11.6 Å². The summed E-state index contributed by atoms with van der Waals surface area (Å²) in [6, 6.07) is 18.3. The van der Waals surface area contributed by atoms with Crippen molar-refractivity contribution in [1.29, 1.82) is 0 Å². The lowest BCUT2D eigenvalue weighted by molar-refractivity contribution is 0.601. The Bertz CT molecular complexity index is 1400. The van der Waals surface area contributed by atoms with Crippen molar-refractivity contribution in [3.63, 3.8) is 0 Å². The quantitative estimate of drug-likeness (QED) is 0.441. The van der Waals surface area contributed by atoms with Gasteiger partial charge in [-0.15, -0.1) is 0 Å². The molecular formula is C24H24N4O2S. The van der Waals surface area contributed by atoms with E-state index in [1.165, 1.54) is 5.56 Å². The van der Waals surface area contributed by atoms with Gasteiger partial charge >= 0.3 is 0 Å². The Morgan fingerprint density at radius 2 is 1.26 bits per heavy atom. The van der Waals surface area contributed by atoms with Gasteiger partial charge in [0.05, 0.1) is 15.9 Å². The highest BCUT2D eigenvalue weighted by Crippen LogP contribution is 2.28. The van der Waals surface area contributed by atoms with Gasteiger partial charge in [0.1, 0.15) is 0 Å². The predicted octanol–water partition coefficient (Wildman–Crippen LogP) is 5.41. The summed E-state index contributed by atoms with van der Waals surface area (Å²) in [6.45, 7) is 7.89. The molecule has 0 aliphatic carbocycles. The Labute approximate surface area is 182 Å². The van der Waals surface area contributed by atoms with Crippen LogP contribution in [-0.2, 0) is 10.0 Å². The van der Waals surface area contributed by atoms with Crippen molar-refractivity contribution in [3.05, 3.63) is 82.9 Å². The standard InChI is InChI=1S/C24H24N4O2S/c1-15-9-11-19(13-17(15)3)25-23-24(27-22-8-6-5-7-21(22)26-23)28-31(29,30)20-12-10-16(2)18(4)14-20/h5-14H,1-4H3,(H,25,26)(H,27,28). The van der Waals surface area contributed by atoms with Crippen LogP contribution in [0.3, 0.4) is 0 Å². The molecule has 0 fully saturated rings. The van der Waals surface area contributed by atoms with Crippen molar-refractivity contribution in [1.82, 2.24) is 9.97 Å². The van der Waals surface area contributed by atoms with Gasteiger partial charge in [0.2, 0.25) is 0 Å². The molecule has 1 aromatic heterocycles. The first kappa shape index (κ1) is 20.8. The zero-order valence-corrected chi connectivity index (χ0v) is 18.7. The van der Waals surface area contributed by atoms with E-state index in [1.54, 1.807) is 24.3 Å². The molecule has 3 aromatic carbocycles. The second-order valence-corrected chi connectivity index (χ2v) is 9.37. The summed E-state index contributed by atoms with van der Waals surface area (Å²) in [6.07, 6.45) is 0. The number of para-hydroxylation sites is 2. The SMILES string of the molecule is Cc1ccc(Nc2nc3ccccc3nc2NS(=O)(=O)c2ccc(C)c(C)c2)cc1C. The number of rotatable bonds is 5. The van der Waals surface area contributed by atoms with Crippen LogP contribution in [0.4, 0.5) is 17.3 Å². The third-order valence-electron chi connectivity index (χ3n) is 5.36. The third-order valence-corrected chi connectivity index (χ3v) is 6.70. The minimum Gasteiger partial charge on any atom is -0.337 e. The first-order valence-corrected chi connectivity index (χ1v) is 11.4. The number of aromatic nitrogens is 2. The van der Waals surface area contributed by atoms with E-state index in [1.807, 2.05) is 64.1 Å². The summed E-state index contributed by atoms with van der Waals surface area (Å²) in [5.41, 5.74) is 6.30. The lowest BCUT2D eigenvalue weighted by Crippen LogP contribution is -2.16. The van der Waals surface area contributed by atoms with Gasteiger partial charge in [-0.3, -0.25) is 4.72 Å². The smallest absolute Gasteiger partial charge is 0.263 e. The van der Waals surface area contributed by atoms with E-state index in [0.29, 0.717) is 16.9 Å². The average molecular weight is 433 g/mol. The zero-order valence-electron chi connectivity index (χ0n) is 17.9. The molecule has 0 aliphatic heterocycles. The summed E-state index contributed by atoms with van der Waals surface area (Å²) in [4.78, 5) is 9.36. The van der Waals surface area contributed by atoms with E-state index >= 15 is 0 Å². The van der Waals surface area contributed by atoms with Crippen LogP contribution in [0.25, 0.3) is 11.0 Å². The number of hydrogen-bond acceptors (Lipinski definition) is 5. The molecule has 0 amide bonds. The molecule has 158 valence electrons. The predicted molar refractivity (Wildman–Crippen MR) is 125 cm³/mol. The summed E-state index contributed by atoms with van der Waals surface area (Å²) < 4.78 is 28.8. The van der Waals surface area contributed by atoms with E-state index < -0.39 is 10.0 Å². The van der Waals surface area contributed by atoms with Crippen molar-refractivity contribution >= 4 is 38.4 Å². The molecule has 0 atom stereocenters. The summed E-state index contributed by atoms with van der Waals surface area (Å²) >= 11 is 0. The van der Waals surface area contributed by atoms with Gasteiger partial charge in [-0.1, -0.05) is 24.3 Å². The topological polar surface area (TPSA) is 84.0 Å². The van der Waals surface area contributed by atoms with Gasteiger partial charge < -0.3 is 5.32 Å². The molecule has 0 bridgehead atoms. The fraction of sp³-hybridized carbons (Fsp3) is 0.167. The van der Waals surface area contributed by atoms with Crippen molar-refractivity contribution in [2.45, 2.75) is 32.6 Å². The molecule has 0 saturated carbocycles. The molecule has 7 heteroatoms. The van der Waals surface area contributed by atoms with Crippen molar-refractivity contribution in [2.75, 3.05) is 10.0 Å². The first-order valence-electron chi connectivity index (χ1n) is 9.94. The molecule has 0 spiro atoms. The van der Waals surface area contributed by atoms with Crippen LogP contribution in [0.15, 0.2) is 65.6 Å². The van der Waals surface area contributed by atoms with Gasteiger partial charge in [-0.25, -0.2) is 18.4 Å². The Kier molecular flexibility index (Phi) is 5.37. The summed E-state index contributed by atoms with van der Waals surface area (Å²) in [5.74, 6) is 0.490. The zero-order chi connectivity index (χ0) is 22.2. The lowest BCUT2D eigenvalue weighted by atomic mass is 10.1. The van der Waals surface area contributed by atoms with E-state index in [9.17, 15) is 8.42 Å². The van der Waals surface area contributed by atoms with Crippen LogP contribution in [0.5, 0.6) is 0 Å². The Balaban J connectivity index is 1.78. The fourth-order valence-corrected chi connectivity index (χ4v) is 4.28. The number of fused-ring (bicyclic) bond motifs is 1. The van der Waals surface area contributed by atoms with Crippen LogP contribution >= 0.6 is 0 Å². The van der Waals surface area contributed by atoms with Crippen LogP contribution in [0.1, 0.15) is 22.3 Å². The summed E-state index contributed by atoms with van der Waals surface area (Å²) in [5, 5.41) is 3.23. The molecule has 0 aliphatic rings. The fourth-order valence-electron chi connectivity index (χ4n) is 3.18. The van der Waals surface area contributed by atoms with Gasteiger partial charge in [0.25, 0.3) is 10.0 Å². The average Bonchev–Trinajstić information content (AvgIpc) is 2.73. The van der Waals surface area contributed by atoms with E-state index in [-0.39, 0.29) is 10.7 Å². The highest BCUT2D eigenvalue weighted by molar-refractivity contribution is 7.92. The molecule has 4 rings (SSSR count). The highest BCUT2D eigenvalue weighted by atomic mass is 32.2. The number of sulfonamides is 1. The minimum absolute atomic E-state index is 0.148.